The molecule has 0 aromatic heterocycles. The predicted octanol–water partition coefficient (Wildman–Crippen LogP) is 2.92. The van der Waals surface area contributed by atoms with E-state index >= 15 is 0 Å². The number of anilines is 1. The van der Waals surface area contributed by atoms with Crippen LogP contribution in [0.3, 0.4) is 0 Å². The predicted molar refractivity (Wildman–Crippen MR) is 97.9 cm³/mol. The van der Waals surface area contributed by atoms with Crippen LogP contribution in [0.15, 0.2) is 18.2 Å². The summed E-state index contributed by atoms with van der Waals surface area (Å²) in [4.78, 5) is 38.2. The Labute approximate surface area is 157 Å². The highest BCUT2D eigenvalue weighted by atomic mass is 35.5. The Hall–Kier alpha value is -2.08. The molecule has 2 fully saturated rings. The Balaban J connectivity index is 1.47. The maximum absolute atomic E-state index is 12.2. The first kappa shape index (κ1) is 18.7. The largest absolute Gasteiger partial charge is 0.455 e. The Kier molecular flexibility index (Phi) is 5.81. The molecule has 1 heterocycles. The number of aryl methyl sites for hydroxylation is 1. The molecule has 0 radical (unpaired) electrons. The van der Waals surface area contributed by atoms with Gasteiger partial charge in [0, 0.05) is 19.0 Å². The fourth-order valence-corrected chi connectivity index (χ4v) is 3.90. The summed E-state index contributed by atoms with van der Waals surface area (Å²) in [5.74, 6) is -1.43. The number of esters is 1. The third-order valence-corrected chi connectivity index (χ3v) is 5.31. The van der Waals surface area contributed by atoms with E-state index in [2.05, 4.69) is 5.32 Å². The number of amides is 2. The monoisotopic (exact) mass is 378 g/mol. The summed E-state index contributed by atoms with van der Waals surface area (Å²) in [6.07, 6.45) is 4.44. The van der Waals surface area contributed by atoms with Crippen molar-refractivity contribution in [1.82, 2.24) is 4.90 Å². The molecule has 140 valence electrons. The fourth-order valence-electron chi connectivity index (χ4n) is 3.62. The van der Waals surface area contributed by atoms with Crippen molar-refractivity contribution < 1.29 is 19.1 Å². The number of carbonyl (C=O) groups excluding carboxylic acids is 3. The van der Waals surface area contributed by atoms with Crippen molar-refractivity contribution in [3.05, 3.63) is 28.8 Å². The smallest absolute Gasteiger partial charge is 0.311 e. The maximum Gasteiger partial charge on any atom is 0.311 e. The lowest BCUT2D eigenvalue weighted by Gasteiger charge is -2.23. The number of hydrogen-bond donors (Lipinski definition) is 1. The highest BCUT2D eigenvalue weighted by molar-refractivity contribution is 6.33. The van der Waals surface area contributed by atoms with Gasteiger partial charge in [0.1, 0.15) is 0 Å². The molecule has 0 bridgehead atoms. The molecule has 7 heteroatoms. The van der Waals surface area contributed by atoms with Crippen LogP contribution >= 0.6 is 11.6 Å². The van der Waals surface area contributed by atoms with Gasteiger partial charge in [-0.1, -0.05) is 30.5 Å². The first-order valence-electron chi connectivity index (χ1n) is 8.96. The molecule has 1 saturated heterocycles. The van der Waals surface area contributed by atoms with Gasteiger partial charge in [-0.15, -0.1) is 0 Å². The van der Waals surface area contributed by atoms with Crippen molar-refractivity contribution in [3.8, 4) is 0 Å². The van der Waals surface area contributed by atoms with Crippen LogP contribution < -0.4 is 5.32 Å². The van der Waals surface area contributed by atoms with E-state index in [0.29, 0.717) is 17.3 Å². The Bertz CT molecular complexity index is 715. The van der Waals surface area contributed by atoms with Gasteiger partial charge < -0.3 is 15.0 Å². The van der Waals surface area contributed by atoms with Crippen LogP contribution in [-0.4, -0.2) is 41.9 Å². The summed E-state index contributed by atoms with van der Waals surface area (Å²) in [7, 11) is 0. The van der Waals surface area contributed by atoms with Crippen molar-refractivity contribution in [1.29, 1.82) is 0 Å². The van der Waals surface area contributed by atoms with Crippen molar-refractivity contribution in [2.75, 3.05) is 18.5 Å². The normalized spacial score (nSPS) is 20.5. The fraction of sp³-hybridized carbons (Fsp3) is 0.526. The van der Waals surface area contributed by atoms with Gasteiger partial charge in [-0.2, -0.15) is 0 Å². The molecule has 1 aliphatic heterocycles. The minimum absolute atomic E-state index is 0.00902. The molecule has 1 aromatic rings. The molecule has 1 atom stereocenters. The van der Waals surface area contributed by atoms with Crippen LogP contribution in [0.1, 0.15) is 37.7 Å². The average Bonchev–Trinajstić information content (AvgIpc) is 3.24. The summed E-state index contributed by atoms with van der Waals surface area (Å²) in [5.41, 5.74) is 1.46. The number of carbonyl (C=O) groups is 3. The van der Waals surface area contributed by atoms with Crippen LogP contribution in [-0.2, 0) is 19.1 Å². The molecular weight excluding hydrogens is 356 g/mol. The molecule has 1 aromatic carbocycles. The van der Waals surface area contributed by atoms with Gasteiger partial charge in [0.15, 0.2) is 6.61 Å². The molecule has 1 saturated carbocycles. The molecule has 1 N–H and O–H groups in total. The maximum atomic E-state index is 12.2. The number of benzene rings is 1. The van der Waals surface area contributed by atoms with E-state index in [1.54, 1.807) is 12.1 Å². The van der Waals surface area contributed by atoms with E-state index in [1.165, 1.54) is 0 Å². The summed E-state index contributed by atoms with van der Waals surface area (Å²) < 4.78 is 5.11. The Morgan fingerprint density at radius 2 is 2.04 bits per heavy atom. The van der Waals surface area contributed by atoms with Gasteiger partial charge in [-0.05, 0) is 37.5 Å². The van der Waals surface area contributed by atoms with E-state index < -0.39 is 24.4 Å². The van der Waals surface area contributed by atoms with Crippen molar-refractivity contribution in [2.45, 2.75) is 45.1 Å². The SMILES string of the molecule is Cc1ccc(NC(=O)COC(=O)[C@@H]2CC(=O)N(C3CCCC3)C2)c(Cl)c1. The minimum Gasteiger partial charge on any atom is -0.455 e. The first-order chi connectivity index (χ1) is 12.4. The van der Waals surface area contributed by atoms with E-state index in [4.69, 9.17) is 16.3 Å². The molecule has 2 aliphatic rings. The topological polar surface area (TPSA) is 75.7 Å². The highest BCUT2D eigenvalue weighted by Gasteiger charge is 2.39. The van der Waals surface area contributed by atoms with Gasteiger partial charge in [-0.25, -0.2) is 0 Å². The average molecular weight is 379 g/mol. The Morgan fingerprint density at radius 1 is 1.31 bits per heavy atom. The van der Waals surface area contributed by atoms with Gasteiger partial charge in [-0.3, -0.25) is 14.4 Å². The molecule has 2 amide bonds. The van der Waals surface area contributed by atoms with Crippen LogP contribution in [0.5, 0.6) is 0 Å². The second-order valence-corrected chi connectivity index (χ2v) is 7.43. The molecule has 26 heavy (non-hydrogen) atoms. The lowest BCUT2D eigenvalue weighted by molar-refractivity contribution is -0.151. The van der Waals surface area contributed by atoms with E-state index in [9.17, 15) is 14.4 Å². The van der Waals surface area contributed by atoms with Crippen molar-refractivity contribution in [2.24, 2.45) is 5.92 Å². The van der Waals surface area contributed by atoms with Gasteiger partial charge in [0.25, 0.3) is 5.91 Å². The number of likely N-dealkylation sites (tertiary alicyclic amines) is 1. The molecule has 0 spiro atoms. The second kappa shape index (κ2) is 8.08. The van der Waals surface area contributed by atoms with E-state index in [0.717, 1.165) is 31.2 Å². The minimum atomic E-state index is -0.496. The van der Waals surface area contributed by atoms with Gasteiger partial charge in [0.2, 0.25) is 5.91 Å². The van der Waals surface area contributed by atoms with Gasteiger partial charge >= 0.3 is 5.97 Å². The standard InChI is InChI=1S/C19H23ClN2O4/c1-12-6-7-16(15(20)8-12)21-17(23)11-26-19(25)13-9-18(24)22(10-13)14-4-2-3-5-14/h6-8,13-14H,2-5,9-11H2,1H3,(H,21,23)/t13-/m1/s1. The lowest BCUT2D eigenvalue weighted by atomic mass is 10.1. The number of rotatable bonds is 5. The summed E-state index contributed by atoms with van der Waals surface area (Å²) >= 11 is 6.07. The molecule has 6 nitrogen and oxygen atoms in total. The molecule has 1 aliphatic carbocycles. The van der Waals surface area contributed by atoms with Gasteiger partial charge in [0.05, 0.1) is 16.6 Å². The third kappa shape index (κ3) is 4.36. The number of ether oxygens (including phenoxy) is 1. The van der Waals surface area contributed by atoms with Crippen LogP contribution in [0.4, 0.5) is 5.69 Å². The molecule has 3 rings (SSSR count). The zero-order chi connectivity index (χ0) is 18.7. The van der Waals surface area contributed by atoms with Crippen molar-refractivity contribution >= 4 is 35.1 Å². The van der Waals surface area contributed by atoms with Crippen LogP contribution in [0, 0.1) is 12.8 Å². The Morgan fingerprint density at radius 3 is 2.73 bits per heavy atom. The zero-order valence-corrected chi connectivity index (χ0v) is 15.6. The van der Waals surface area contributed by atoms with Crippen LogP contribution in [0.2, 0.25) is 5.02 Å². The summed E-state index contributed by atoms with van der Waals surface area (Å²) in [5, 5.41) is 3.05. The third-order valence-electron chi connectivity index (χ3n) is 5.00. The quantitative estimate of drug-likeness (QED) is 0.799. The highest BCUT2D eigenvalue weighted by Crippen LogP contribution is 2.30. The number of halogens is 1. The van der Waals surface area contributed by atoms with E-state index in [-0.39, 0.29) is 18.4 Å². The molecular formula is C19H23ClN2O4. The number of nitrogens with one attached hydrogen (secondary N) is 1. The van der Waals surface area contributed by atoms with Crippen molar-refractivity contribution in [3.63, 3.8) is 0 Å². The first-order valence-corrected chi connectivity index (χ1v) is 9.34. The van der Waals surface area contributed by atoms with E-state index in [1.807, 2.05) is 17.9 Å². The lowest BCUT2D eigenvalue weighted by Crippen LogP contribution is -2.35. The zero-order valence-electron chi connectivity index (χ0n) is 14.8. The summed E-state index contributed by atoms with van der Waals surface area (Å²) in [6, 6.07) is 5.53. The van der Waals surface area contributed by atoms with Crippen LogP contribution in [0.25, 0.3) is 0 Å². The molecule has 0 unspecified atom stereocenters. The number of hydrogen-bond acceptors (Lipinski definition) is 4. The number of nitrogens with zero attached hydrogens (tertiary/aromatic N) is 1. The summed E-state index contributed by atoms with van der Waals surface area (Å²) in [6.45, 7) is 1.90. The second-order valence-electron chi connectivity index (χ2n) is 7.02.